The number of ether oxygens (including phenoxy) is 1. The van der Waals surface area contributed by atoms with Crippen molar-refractivity contribution in [2.45, 2.75) is 10.8 Å². The summed E-state index contributed by atoms with van der Waals surface area (Å²) in [4.78, 5) is 14.9. The Kier molecular flexibility index (Phi) is 9.20. The maximum Gasteiger partial charge on any atom is 0.142 e. The number of hydrogen-bond donors (Lipinski definition) is 0. The largest absolute Gasteiger partial charge is 0.457 e. The molecule has 0 saturated heterocycles. The fourth-order valence-corrected chi connectivity index (χ4v) is 10.6. The summed E-state index contributed by atoms with van der Waals surface area (Å²) in [5, 5.41) is 0. The first-order valence-corrected chi connectivity index (χ1v) is 22.1. The van der Waals surface area contributed by atoms with Crippen LogP contribution in [-0.4, -0.2) is 9.97 Å². The molecule has 8 aromatic carbocycles. The molecule has 2 aliphatic heterocycles. The summed E-state index contributed by atoms with van der Waals surface area (Å²) in [6.45, 7) is 0. The number of anilines is 6. The normalized spacial score (nSPS) is 14.0. The molecule has 65 heavy (non-hydrogen) atoms. The molecule has 308 valence electrons. The van der Waals surface area contributed by atoms with Crippen LogP contribution in [0, 0.1) is 0 Å². The van der Waals surface area contributed by atoms with Gasteiger partial charge in [-0.15, -0.1) is 0 Å². The van der Waals surface area contributed by atoms with Crippen LogP contribution in [0.25, 0.3) is 0 Å². The Morgan fingerprint density at radius 2 is 0.646 bits per heavy atom. The number of nitrogens with zero attached hydrogens (tertiary/aromatic N) is 4. The van der Waals surface area contributed by atoms with Gasteiger partial charge in [-0.2, -0.15) is 0 Å². The molecule has 10 aromatic rings. The lowest BCUT2D eigenvalue weighted by Gasteiger charge is -2.45. The van der Waals surface area contributed by atoms with Gasteiger partial charge in [-0.3, -0.25) is 9.80 Å². The quantitative estimate of drug-likeness (QED) is 0.153. The minimum Gasteiger partial charge on any atom is -0.457 e. The molecular weight excluding hydrogens is 793 g/mol. The van der Waals surface area contributed by atoms with E-state index in [1.165, 1.54) is 33.4 Å². The molecule has 0 radical (unpaired) electrons. The van der Waals surface area contributed by atoms with Crippen molar-refractivity contribution in [3.05, 3.63) is 300 Å². The van der Waals surface area contributed by atoms with Gasteiger partial charge < -0.3 is 4.74 Å². The molecule has 12 rings (SSSR count). The minimum atomic E-state index is -0.601. The van der Waals surface area contributed by atoms with E-state index in [0.29, 0.717) is 11.5 Å². The van der Waals surface area contributed by atoms with E-state index in [1.54, 1.807) is 0 Å². The number of aromatic nitrogens is 2. The van der Waals surface area contributed by atoms with Crippen LogP contribution in [0.15, 0.2) is 255 Å². The van der Waals surface area contributed by atoms with Crippen LogP contribution in [0.3, 0.4) is 0 Å². The summed E-state index contributed by atoms with van der Waals surface area (Å²) in [5.74, 6) is 3.16. The molecule has 0 unspecified atom stereocenters. The predicted octanol–water partition coefficient (Wildman–Crippen LogP) is 14.6. The molecule has 0 bridgehead atoms. The first-order valence-electron chi connectivity index (χ1n) is 22.1. The van der Waals surface area contributed by atoms with Crippen molar-refractivity contribution in [2.75, 3.05) is 9.80 Å². The molecule has 5 nitrogen and oxygen atoms in total. The summed E-state index contributed by atoms with van der Waals surface area (Å²) in [7, 11) is 0. The van der Waals surface area contributed by atoms with E-state index in [2.05, 4.69) is 240 Å². The molecule has 4 heterocycles. The molecule has 0 spiro atoms. The standard InChI is InChI=1S/C60H42N4O/c1-5-21-43(22-6-1)59(44-23-7-2-8-24-44)51-33-13-15-37-55(51)63(57-53(59)35-19-39-61-57)47-29-17-31-49(41-47)65-50-32-18-30-48(42-50)64-56-38-16-14-34-52(56)60(45-25-9-3-10-26-45,46-27-11-4-12-28-46)54-36-20-40-62-58(54)64/h1-42H. The van der Waals surface area contributed by atoms with E-state index in [1.807, 2.05) is 24.5 Å². The van der Waals surface area contributed by atoms with Gasteiger partial charge in [-0.05, 0) is 81.9 Å². The molecule has 0 atom stereocenters. The van der Waals surface area contributed by atoms with E-state index in [-0.39, 0.29) is 0 Å². The molecule has 0 fully saturated rings. The monoisotopic (exact) mass is 834 g/mol. The van der Waals surface area contributed by atoms with Crippen LogP contribution in [-0.2, 0) is 10.8 Å². The van der Waals surface area contributed by atoms with E-state index in [0.717, 1.165) is 45.5 Å². The summed E-state index contributed by atoms with van der Waals surface area (Å²) < 4.78 is 6.86. The van der Waals surface area contributed by atoms with Crippen molar-refractivity contribution in [3.8, 4) is 11.5 Å². The van der Waals surface area contributed by atoms with Gasteiger partial charge in [0.25, 0.3) is 0 Å². The highest BCUT2D eigenvalue weighted by atomic mass is 16.5. The van der Waals surface area contributed by atoms with Crippen LogP contribution in [0.1, 0.15) is 44.5 Å². The molecule has 5 heteroatoms. The average molecular weight is 835 g/mol. The second-order valence-electron chi connectivity index (χ2n) is 16.5. The Morgan fingerprint density at radius 3 is 1.03 bits per heavy atom. The van der Waals surface area contributed by atoms with E-state index in [9.17, 15) is 0 Å². The zero-order valence-corrected chi connectivity index (χ0v) is 35.4. The molecule has 2 aliphatic rings. The lowest BCUT2D eigenvalue weighted by Crippen LogP contribution is -2.38. The van der Waals surface area contributed by atoms with Gasteiger partial charge >= 0.3 is 0 Å². The fourth-order valence-electron chi connectivity index (χ4n) is 10.6. The number of benzene rings is 8. The maximum absolute atomic E-state index is 6.86. The van der Waals surface area contributed by atoms with E-state index >= 15 is 0 Å². The molecule has 0 N–H and O–H groups in total. The highest BCUT2D eigenvalue weighted by Crippen LogP contribution is 2.59. The Labute approximate surface area is 379 Å². The molecule has 0 amide bonds. The average Bonchev–Trinajstić information content (AvgIpc) is 3.38. The van der Waals surface area contributed by atoms with Gasteiger partial charge in [0.2, 0.25) is 0 Å². The van der Waals surface area contributed by atoms with E-state index in [4.69, 9.17) is 14.7 Å². The molecule has 0 saturated carbocycles. The highest BCUT2D eigenvalue weighted by Gasteiger charge is 2.48. The summed E-state index contributed by atoms with van der Waals surface area (Å²) in [6.07, 6.45) is 3.78. The van der Waals surface area contributed by atoms with Gasteiger partial charge in [-0.25, -0.2) is 9.97 Å². The molecule has 2 aromatic heterocycles. The third kappa shape index (κ3) is 5.93. The van der Waals surface area contributed by atoms with Crippen LogP contribution >= 0.6 is 0 Å². The van der Waals surface area contributed by atoms with Gasteiger partial charge in [0, 0.05) is 35.7 Å². The van der Waals surface area contributed by atoms with Gasteiger partial charge in [0.05, 0.1) is 33.6 Å². The zero-order chi connectivity index (χ0) is 43.2. The first kappa shape index (κ1) is 38.2. The zero-order valence-electron chi connectivity index (χ0n) is 35.4. The predicted molar refractivity (Wildman–Crippen MR) is 262 cm³/mol. The molecule has 0 aliphatic carbocycles. The van der Waals surface area contributed by atoms with Crippen molar-refractivity contribution < 1.29 is 4.74 Å². The topological polar surface area (TPSA) is 41.5 Å². The summed E-state index contributed by atoms with van der Waals surface area (Å²) in [5.41, 5.74) is 12.1. The van der Waals surface area contributed by atoms with Crippen molar-refractivity contribution in [1.82, 2.24) is 9.97 Å². The van der Waals surface area contributed by atoms with Gasteiger partial charge in [0.15, 0.2) is 0 Å². The number of fused-ring (bicyclic) bond motifs is 4. The first-order chi connectivity index (χ1) is 32.3. The number of hydrogen-bond acceptors (Lipinski definition) is 5. The Bertz CT molecular complexity index is 2920. The van der Waals surface area contributed by atoms with Crippen LogP contribution in [0.2, 0.25) is 0 Å². The van der Waals surface area contributed by atoms with Crippen molar-refractivity contribution >= 4 is 34.4 Å². The Balaban J connectivity index is 0.956. The minimum absolute atomic E-state index is 0.601. The smallest absolute Gasteiger partial charge is 0.142 e. The lowest BCUT2D eigenvalue weighted by atomic mass is 9.63. The summed E-state index contributed by atoms with van der Waals surface area (Å²) in [6, 6.07) is 85.9. The second-order valence-corrected chi connectivity index (χ2v) is 16.5. The van der Waals surface area contributed by atoms with Crippen LogP contribution in [0.5, 0.6) is 11.5 Å². The van der Waals surface area contributed by atoms with Crippen LogP contribution in [0.4, 0.5) is 34.4 Å². The van der Waals surface area contributed by atoms with E-state index < -0.39 is 10.8 Å². The van der Waals surface area contributed by atoms with Gasteiger partial charge in [-0.1, -0.05) is 182 Å². The highest BCUT2D eigenvalue weighted by molar-refractivity contribution is 5.89. The third-order valence-electron chi connectivity index (χ3n) is 13.1. The second kappa shape index (κ2) is 15.7. The lowest BCUT2D eigenvalue weighted by molar-refractivity contribution is 0.483. The van der Waals surface area contributed by atoms with Gasteiger partial charge in [0.1, 0.15) is 23.1 Å². The maximum atomic E-state index is 6.86. The number of pyridine rings is 2. The fraction of sp³-hybridized carbons (Fsp3) is 0.0333. The summed E-state index contributed by atoms with van der Waals surface area (Å²) >= 11 is 0. The number of rotatable bonds is 8. The van der Waals surface area contributed by atoms with Crippen molar-refractivity contribution in [2.24, 2.45) is 0 Å². The number of para-hydroxylation sites is 2. The van der Waals surface area contributed by atoms with Crippen molar-refractivity contribution in [3.63, 3.8) is 0 Å². The van der Waals surface area contributed by atoms with Crippen molar-refractivity contribution in [1.29, 1.82) is 0 Å². The molecular formula is C60H42N4O. The SMILES string of the molecule is c1ccc(C2(c3ccccc3)c3ccccc3N(c3cccc(Oc4cccc(N5c6ccccc6C(c6ccccc6)(c6ccccc6)c6cccnc65)c4)c3)c3ncccc32)cc1. The Morgan fingerprint density at radius 1 is 0.308 bits per heavy atom. The van der Waals surface area contributed by atoms with Crippen LogP contribution < -0.4 is 14.5 Å². The Hall–Kier alpha value is -8.54. The third-order valence-corrected chi connectivity index (χ3v) is 13.1.